The first-order valence-corrected chi connectivity index (χ1v) is 3.55. The molecule has 1 aromatic rings. The number of pyridine rings is 1. The van der Waals surface area contributed by atoms with Crippen LogP contribution in [0, 0.1) is 23.7 Å². The summed E-state index contributed by atoms with van der Waals surface area (Å²) in [5.74, 6) is 1.37. The number of rotatable bonds is 0. The van der Waals surface area contributed by atoms with Gasteiger partial charge < -0.3 is 4.74 Å². The molecule has 72 valence electrons. The highest BCUT2D eigenvalue weighted by Crippen LogP contribution is 2.03. The Hall–Kier alpha value is -1.96. The maximum atomic E-state index is 12.8. The molecule has 5 heteroatoms. The predicted octanol–water partition coefficient (Wildman–Crippen LogP) is 0.884. The quantitative estimate of drug-likeness (QED) is 0.352. The summed E-state index contributed by atoms with van der Waals surface area (Å²) in [4.78, 5) is 13.4. The molecule has 0 saturated carbocycles. The highest BCUT2D eigenvalue weighted by Gasteiger charge is 2.02. The largest absolute Gasteiger partial charge is 0.459 e. The lowest BCUT2D eigenvalue weighted by Crippen LogP contribution is -1.96. The van der Waals surface area contributed by atoms with Gasteiger partial charge in [-0.15, -0.1) is 0 Å². The van der Waals surface area contributed by atoms with Gasteiger partial charge in [0.05, 0.1) is 12.7 Å². The number of hydrogen-bond acceptors (Lipinski definition) is 3. The zero-order valence-corrected chi connectivity index (χ0v) is 7.17. The number of carbonyl (C=O) groups is 1. The van der Waals surface area contributed by atoms with E-state index in [1.165, 1.54) is 0 Å². The van der Waals surface area contributed by atoms with Crippen LogP contribution in [0.3, 0.4) is 0 Å². The Labute approximate surface area is 78.7 Å². The molecule has 0 radical (unpaired) electrons. The number of esters is 1. The van der Waals surface area contributed by atoms with E-state index in [9.17, 15) is 13.6 Å². The molecule has 0 aliphatic carbocycles. The molecule has 0 unspecified atom stereocenters. The summed E-state index contributed by atoms with van der Waals surface area (Å²) in [6, 6.07) is 2.04. The van der Waals surface area contributed by atoms with Gasteiger partial charge in [0.1, 0.15) is 0 Å². The topological polar surface area (TPSA) is 39.2 Å². The van der Waals surface area contributed by atoms with Crippen LogP contribution in [0.25, 0.3) is 0 Å². The van der Waals surface area contributed by atoms with Crippen molar-refractivity contribution in [2.75, 3.05) is 7.11 Å². The molecular formula is C9H5F2NO2. The molecule has 0 bridgehead atoms. The number of aromatic nitrogens is 1. The minimum Gasteiger partial charge on any atom is -0.459 e. The summed E-state index contributed by atoms with van der Waals surface area (Å²) in [5.41, 5.74) is -0.156. The summed E-state index contributed by atoms with van der Waals surface area (Å²) < 4.78 is 29.3. The van der Waals surface area contributed by atoms with Gasteiger partial charge in [-0.1, -0.05) is 5.92 Å². The molecule has 0 aliphatic rings. The minimum absolute atomic E-state index is 0.156. The standard InChI is InChI=1S/C9H5F2NO2/c1-14-8(13)5-3-6-2-4-7(10)12-9(6)11/h2,4H,1H3. The monoisotopic (exact) mass is 197 g/mol. The van der Waals surface area contributed by atoms with E-state index >= 15 is 0 Å². The number of methoxy groups -OCH3 is 1. The molecule has 0 amide bonds. The SMILES string of the molecule is COC(=O)C#Cc1ccc(F)nc1F. The molecule has 0 spiro atoms. The molecule has 1 aromatic heterocycles. The number of nitrogens with zero attached hydrogens (tertiary/aromatic N) is 1. The van der Waals surface area contributed by atoms with Gasteiger partial charge in [-0.05, 0) is 12.1 Å². The van der Waals surface area contributed by atoms with Crippen molar-refractivity contribution in [3.8, 4) is 11.8 Å². The van der Waals surface area contributed by atoms with Crippen LogP contribution in [0.15, 0.2) is 12.1 Å². The molecule has 3 nitrogen and oxygen atoms in total. The van der Waals surface area contributed by atoms with Crippen molar-refractivity contribution in [1.82, 2.24) is 4.98 Å². The van der Waals surface area contributed by atoms with Crippen LogP contribution in [-0.4, -0.2) is 18.1 Å². The smallest absolute Gasteiger partial charge is 0.384 e. The van der Waals surface area contributed by atoms with Crippen molar-refractivity contribution in [2.24, 2.45) is 0 Å². The van der Waals surface area contributed by atoms with Crippen molar-refractivity contribution >= 4 is 5.97 Å². The van der Waals surface area contributed by atoms with E-state index in [1.807, 2.05) is 5.92 Å². The fourth-order valence-corrected chi connectivity index (χ4v) is 0.675. The lowest BCUT2D eigenvalue weighted by Gasteiger charge is -1.92. The average molecular weight is 197 g/mol. The molecule has 1 rings (SSSR count). The molecule has 0 aliphatic heterocycles. The maximum Gasteiger partial charge on any atom is 0.384 e. The van der Waals surface area contributed by atoms with Crippen molar-refractivity contribution in [1.29, 1.82) is 0 Å². The normalized spacial score (nSPS) is 8.79. The molecule has 0 N–H and O–H groups in total. The van der Waals surface area contributed by atoms with Crippen LogP contribution in [-0.2, 0) is 9.53 Å². The van der Waals surface area contributed by atoms with Gasteiger partial charge in [-0.2, -0.15) is 13.8 Å². The maximum absolute atomic E-state index is 12.8. The second kappa shape index (κ2) is 4.33. The third-order valence-electron chi connectivity index (χ3n) is 1.30. The lowest BCUT2D eigenvalue weighted by atomic mass is 10.3. The number of carbonyl (C=O) groups excluding carboxylic acids is 1. The van der Waals surface area contributed by atoms with E-state index in [-0.39, 0.29) is 5.56 Å². The van der Waals surface area contributed by atoms with Gasteiger partial charge in [0.2, 0.25) is 11.9 Å². The summed E-state index contributed by atoms with van der Waals surface area (Å²) in [6.07, 6.45) is 0. The van der Waals surface area contributed by atoms with Crippen LogP contribution in [0.1, 0.15) is 5.56 Å². The van der Waals surface area contributed by atoms with Gasteiger partial charge in [-0.25, -0.2) is 4.79 Å². The second-order valence-corrected chi connectivity index (χ2v) is 2.21. The highest BCUT2D eigenvalue weighted by atomic mass is 19.1. The predicted molar refractivity (Wildman–Crippen MR) is 43.0 cm³/mol. The fourth-order valence-electron chi connectivity index (χ4n) is 0.675. The van der Waals surface area contributed by atoms with Crippen LogP contribution in [0.5, 0.6) is 0 Å². The van der Waals surface area contributed by atoms with E-state index < -0.39 is 17.9 Å². The van der Waals surface area contributed by atoms with Crippen molar-refractivity contribution in [2.45, 2.75) is 0 Å². The Morgan fingerprint density at radius 3 is 2.79 bits per heavy atom. The molecular weight excluding hydrogens is 192 g/mol. The molecule has 0 saturated heterocycles. The van der Waals surface area contributed by atoms with Crippen LogP contribution < -0.4 is 0 Å². The molecule has 0 aromatic carbocycles. The molecule has 0 fully saturated rings. The van der Waals surface area contributed by atoms with Gasteiger partial charge in [0.15, 0.2) is 0 Å². The van der Waals surface area contributed by atoms with Crippen molar-refractivity contribution in [3.63, 3.8) is 0 Å². The third-order valence-corrected chi connectivity index (χ3v) is 1.30. The first-order valence-electron chi connectivity index (χ1n) is 3.55. The molecule has 0 atom stereocenters. The van der Waals surface area contributed by atoms with Crippen molar-refractivity contribution < 1.29 is 18.3 Å². The summed E-state index contributed by atoms with van der Waals surface area (Å²) >= 11 is 0. The Balaban J connectivity index is 2.96. The van der Waals surface area contributed by atoms with E-state index in [2.05, 4.69) is 15.6 Å². The Kier molecular flexibility index (Phi) is 3.13. The zero-order valence-electron chi connectivity index (χ0n) is 7.17. The van der Waals surface area contributed by atoms with Crippen LogP contribution in [0.4, 0.5) is 8.78 Å². The summed E-state index contributed by atoms with van der Waals surface area (Å²) in [6.45, 7) is 0. The van der Waals surface area contributed by atoms with Gasteiger partial charge in [0.25, 0.3) is 0 Å². The van der Waals surface area contributed by atoms with Gasteiger partial charge >= 0.3 is 5.97 Å². The highest BCUT2D eigenvalue weighted by molar-refractivity contribution is 5.88. The summed E-state index contributed by atoms with van der Waals surface area (Å²) in [5, 5.41) is 0. The van der Waals surface area contributed by atoms with Crippen LogP contribution in [0.2, 0.25) is 0 Å². The van der Waals surface area contributed by atoms with E-state index in [0.717, 1.165) is 19.2 Å². The lowest BCUT2D eigenvalue weighted by molar-refractivity contribution is -0.133. The van der Waals surface area contributed by atoms with E-state index in [0.29, 0.717) is 0 Å². The van der Waals surface area contributed by atoms with Gasteiger partial charge in [-0.3, -0.25) is 0 Å². The summed E-state index contributed by atoms with van der Waals surface area (Å²) in [7, 11) is 1.15. The fraction of sp³-hybridized carbons (Fsp3) is 0.111. The molecule has 1 heterocycles. The minimum atomic E-state index is -1.05. The first kappa shape index (κ1) is 10.1. The Bertz CT molecular complexity index is 421. The Morgan fingerprint density at radius 1 is 1.50 bits per heavy atom. The average Bonchev–Trinajstić information content (AvgIpc) is 2.16. The van der Waals surface area contributed by atoms with Crippen molar-refractivity contribution in [3.05, 3.63) is 29.6 Å². The number of hydrogen-bond donors (Lipinski definition) is 0. The van der Waals surface area contributed by atoms with Crippen LogP contribution >= 0.6 is 0 Å². The second-order valence-electron chi connectivity index (χ2n) is 2.21. The number of ether oxygens (including phenoxy) is 1. The zero-order chi connectivity index (χ0) is 10.6. The van der Waals surface area contributed by atoms with E-state index in [4.69, 9.17) is 0 Å². The number of halogens is 2. The van der Waals surface area contributed by atoms with E-state index in [1.54, 1.807) is 0 Å². The Morgan fingerprint density at radius 2 is 2.21 bits per heavy atom. The third kappa shape index (κ3) is 2.52. The molecule has 14 heavy (non-hydrogen) atoms. The first-order chi connectivity index (χ1) is 6.63. The van der Waals surface area contributed by atoms with Gasteiger partial charge in [0, 0.05) is 5.92 Å².